The normalized spacial score (nSPS) is 15.3. The maximum atomic E-state index is 13.1. The fraction of sp³-hybridized carbons (Fsp3) is 0.217. The molecular weight excluding hydrogens is 446 g/mol. The number of thiazole rings is 1. The van der Waals surface area contributed by atoms with E-state index in [1.807, 2.05) is 36.4 Å². The molecule has 1 amide bonds. The number of aryl methyl sites for hydroxylation is 1. The summed E-state index contributed by atoms with van der Waals surface area (Å²) >= 11 is 1.39. The molecule has 1 aromatic heterocycles. The van der Waals surface area contributed by atoms with Crippen LogP contribution in [0.3, 0.4) is 0 Å². The molecule has 5 rings (SSSR count). The summed E-state index contributed by atoms with van der Waals surface area (Å²) in [6.07, 6.45) is 0. The number of rotatable bonds is 4. The van der Waals surface area contributed by atoms with Gasteiger partial charge in [0.25, 0.3) is 5.91 Å². The highest BCUT2D eigenvalue weighted by Gasteiger charge is 2.27. The standard InChI is InChI=1S/C23H21N3O4S2/c1-15-6-8-17(32(28,29)26-10-12-30-13-11-26)14-19(15)22(27)25-23-24-21-18-5-3-2-4-16(18)7-9-20(21)31-23/h2-9,14H,10-13H2,1H3,(H,24,25,27). The molecule has 1 N–H and O–H groups in total. The maximum absolute atomic E-state index is 13.1. The number of amides is 1. The number of nitrogens with zero attached hydrogens (tertiary/aromatic N) is 2. The Balaban J connectivity index is 1.46. The molecule has 3 aromatic carbocycles. The molecule has 7 nitrogen and oxygen atoms in total. The van der Waals surface area contributed by atoms with E-state index in [0.29, 0.717) is 42.6 Å². The molecule has 1 aliphatic heterocycles. The second-order valence-corrected chi connectivity index (χ2v) is 10.6. The highest BCUT2D eigenvalue weighted by molar-refractivity contribution is 7.89. The molecule has 2 heterocycles. The first-order valence-corrected chi connectivity index (χ1v) is 12.5. The van der Waals surface area contributed by atoms with Gasteiger partial charge in [-0.15, -0.1) is 0 Å². The summed E-state index contributed by atoms with van der Waals surface area (Å²) < 4.78 is 33.6. The number of hydrogen-bond donors (Lipinski definition) is 1. The third kappa shape index (κ3) is 3.77. The molecule has 0 bridgehead atoms. The van der Waals surface area contributed by atoms with Crippen LogP contribution in [0.2, 0.25) is 0 Å². The predicted octanol–water partition coefficient (Wildman–Crippen LogP) is 4.03. The Morgan fingerprint density at radius 3 is 2.69 bits per heavy atom. The van der Waals surface area contributed by atoms with E-state index in [1.165, 1.54) is 21.7 Å². The number of nitrogens with one attached hydrogen (secondary N) is 1. The summed E-state index contributed by atoms with van der Waals surface area (Å²) in [5.74, 6) is -0.384. The van der Waals surface area contributed by atoms with Crippen molar-refractivity contribution in [2.24, 2.45) is 0 Å². The van der Waals surface area contributed by atoms with Crippen LogP contribution in [0.25, 0.3) is 21.0 Å². The lowest BCUT2D eigenvalue weighted by atomic mass is 10.1. The molecule has 0 unspecified atom stereocenters. The average Bonchev–Trinajstić information content (AvgIpc) is 3.22. The molecule has 1 saturated heterocycles. The second-order valence-electron chi connectivity index (χ2n) is 7.60. The van der Waals surface area contributed by atoms with Crippen molar-refractivity contribution in [1.82, 2.24) is 9.29 Å². The molecule has 9 heteroatoms. The van der Waals surface area contributed by atoms with Gasteiger partial charge < -0.3 is 4.74 Å². The number of sulfonamides is 1. The summed E-state index contributed by atoms with van der Waals surface area (Å²) in [5.41, 5.74) is 1.84. The van der Waals surface area contributed by atoms with E-state index >= 15 is 0 Å². The molecular formula is C23H21N3O4S2. The van der Waals surface area contributed by atoms with Crippen LogP contribution in [0.4, 0.5) is 5.13 Å². The quantitative estimate of drug-likeness (QED) is 0.490. The van der Waals surface area contributed by atoms with E-state index in [-0.39, 0.29) is 10.8 Å². The third-order valence-corrected chi connectivity index (χ3v) is 8.40. The van der Waals surface area contributed by atoms with Crippen molar-refractivity contribution >= 4 is 53.4 Å². The van der Waals surface area contributed by atoms with Gasteiger partial charge in [-0.1, -0.05) is 47.7 Å². The summed E-state index contributed by atoms with van der Waals surface area (Å²) in [6, 6.07) is 16.6. The van der Waals surface area contributed by atoms with E-state index in [2.05, 4.69) is 10.3 Å². The van der Waals surface area contributed by atoms with E-state index in [9.17, 15) is 13.2 Å². The first-order valence-electron chi connectivity index (χ1n) is 10.2. The SMILES string of the molecule is Cc1ccc(S(=O)(=O)N2CCOCC2)cc1C(=O)Nc1nc2c(ccc3ccccc32)s1. The third-order valence-electron chi connectivity index (χ3n) is 5.57. The molecule has 1 fully saturated rings. The van der Waals surface area contributed by atoms with Crippen LogP contribution >= 0.6 is 11.3 Å². The van der Waals surface area contributed by atoms with Crippen molar-refractivity contribution in [2.75, 3.05) is 31.6 Å². The van der Waals surface area contributed by atoms with Gasteiger partial charge in [0.15, 0.2) is 5.13 Å². The van der Waals surface area contributed by atoms with Crippen molar-refractivity contribution in [3.63, 3.8) is 0 Å². The lowest BCUT2D eigenvalue weighted by molar-refractivity contribution is 0.0730. The summed E-state index contributed by atoms with van der Waals surface area (Å²) in [6.45, 7) is 3.12. The number of hydrogen-bond acceptors (Lipinski definition) is 6. The minimum Gasteiger partial charge on any atom is -0.379 e. The van der Waals surface area contributed by atoms with Gasteiger partial charge in [-0.2, -0.15) is 4.31 Å². The number of morpholine rings is 1. The number of benzene rings is 3. The Morgan fingerprint density at radius 1 is 1.09 bits per heavy atom. The maximum Gasteiger partial charge on any atom is 0.257 e. The number of carbonyl (C=O) groups excluding carboxylic acids is 1. The van der Waals surface area contributed by atoms with Gasteiger partial charge in [0, 0.05) is 24.0 Å². The topological polar surface area (TPSA) is 88.6 Å². The van der Waals surface area contributed by atoms with Crippen molar-refractivity contribution in [3.05, 3.63) is 65.7 Å². The Labute approximate surface area is 189 Å². The highest BCUT2D eigenvalue weighted by atomic mass is 32.2. The monoisotopic (exact) mass is 467 g/mol. The molecule has 4 aromatic rings. The Hall–Kier alpha value is -2.85. The van der Waals surface area contributed by atoms with Crippen LogP contribution in [0.5, 0.6) is 0 Å². The number of carbonyl (C=O) groups is 1. The molecule has 0 aliphatic carbocycles. The van der Waals surface area contributed by atoms with Gasteiger partial charge in [0.1, 0.15) is 0 Å². The van der Waals surface area contributed by atoms with Crippen LogP contribution in [0.15, 0.2) is 59.5 Å². The first-order chi connectivity index (χ1) is 15.4. The lowest BCUT2D eigenvalue weighted by Gasteiger charge is -2.26. The molecule has 0 atom stereocenters. The summed E-state index contributed by atoms with van der Waals surface area (Å²) in [5, 5.41) is 5.43. The average molecular weight is 468 g/mol. The van der Waals surface area contributed by atoms with Gasteiger partial charge in [0.2, 0.25) is 10.0 Å². The van der Waals surface area contributed by atoms with Crippen LogP contribution in [0.1, 0.15) is 15.9 Å². The van der Waals surface area contributed by atoms with Crippen molar-refractivity contribution in [3.8, 4) is 0 Å². The Bertz CT molecular complexity index is 1440. The lowest BCUT2D eigenvalue weighted by Crippen LogP contribution is -2.40. The zero-order valence-electron chi connectivity index (χ0n) is 17.4. The minimum absolute atomic E-state index is 0.102. The van der Waals surface area contributed by atoms with Gasteiger partial charge in [0.05, 0.1) is 28.3 Å². The first kappa shape index (κ1) is 21.0. The van der Waals surface area contributed by atoms with Gasteiger partial charge in [-0.05, 0) is 36.1 Å². The smallest absolute Gasteiger partial charge is 0.257 e. The van der Waals surface area contributed by atoms with Crippen molar-refractivity contribution in [2.45, 2.75) is 11.8 Å². The van der Waals surface area contributed by atoms with Gasteiger partial charge in [-0.25, -0.2) is 13.4 Å². The van der Waals surface area contributed by atoms with Crippen LogP contribution in [-0.2, 0) is 14.8 Å². The van der Waals surface area contributed by atoms with Gasteiger partial charge in [-0.3, -0.25) is 10.1 Å². The molecule has 0 saturated carbocycles. The van der Waals surface area contributed by atoms with Gasteiger partial charge >= 0.3 is 0 Å². The highest BCUT2D eigenvalue weighted by Crippen LogP contribution is 2.32. The predicted molar refractivity (Wildman–Crippen MR) is 126 cm³/mol. The Morgan fingerprint density at radius 2 is 1.88 bits per heavy atom. The van der Waals surface area contributed by atoms with Crippen LogP contribution < -0.4 is 5.32 Å². The van der Waals surface area contributed by atoms with Crippen molar-refractivity contribution in [1.29, 1.82) is 0 Å². The van der Waals surface area contributed by atoms with Crippen LogP contribution in [-0.4, -0.2) is 49.9 Å². The number of ether oxygens (including phenoxy) is 1. The van der Waals surface area contributed by atoms with E-state index in [0.717, 1.165) is 21.0 Å². The van der Waals surface area contributed by atoms with E-state index in [1.54, 1.807) is 19.1 Å². The molecule has 0 spiro atoms. The molecule has 164 valence electrons. The Kier molecular flexibility index (Phi) is 5.42. The number of fused-ring (bicyclic) bond motifs is 3. The summed E-state index contributed by atoms with van der Waals surface area (Å²) in [7, 11) is -3.69. The van der Waals surface area contributed by atoms with Crippen LogP contribution in [0, 0.1) is 6.92 Å². The summed E-state index contributed by atoms with van der Waals surface area (Å²) in [4.78, 5) is 17.8. The minimum atomic E-state index is -3.69. The zero-order chi connectivity index (χ0) is 22.3. The van der Waals surface area contributed by atoms with Crippen molar-refractivity contribution < 1.29 is 17.9 Å². The number of aromatic nitrogens is 1. The fourth-order valence-electron chi connectivity index (χ4n) is 3.82. The molecule has 32 heavy (non-hydrogen) atoms. The second kappa shape index (κ2) is 8.25. The molecule has 1 aliphatic rings. The van der Waals surface area contributed by atoms with E-state index < -0.39 is 10.0 Å². The molecule has 0 radical (unpaired) electrons. The zero-order valence-corrected chi connectivity index (χ0v) is 19.0. The fourth-order valence-corrected chi connectivity index (χ4v) is 6.13. The van der Waals surface area contributed by atoms with E-state index in [4.69, 9.17) is 4.74 Å². The largest absolute Gasteiger partial charge is 0.379 e. The number of anilines is 1.